The highest BCUT2D eigenvalue weighted by Gasteiger charge is 2.12. The smallest absolute Gasteiger partial charge is 0.244 e. The van der Waals surface area contributed by atoms with E-state index >= 15 is 0 Å². The molecule has 0 bridgehead atoms. The number of hydrogen-bond donors (Lipinski definition) is 1. The Morgan fingerprint density at radius 3 is 2.76 bits per heavy atom. The maximum Gasteiger partial charge on any atom is 0.244 e. The molecule has 0 aliphatic heterocycles. The third kappa shape index (κ3) is 7.99. The summed E-state index contributed by atoms with van der Waals surface area (Å²) in [7, 11) is 0. The van der Waals surface area contributed by atoms with Gasteiger partial charge >= 0.3 is 0 Å². The van der Waals surface area contributed by atoms with E-state index in [0.29, 0.717) is 19.3 Å². The first-order valence-corrected chi connectivity index (χ1v) is 11.3. The van der Waals surface area contributed by atoms with Crippen LogP contribution in [0.25, 0.3) is 6.08 Å². The Kier molecular flexibility index (Phi) is 8.71. The third-order valence-corrected chi connectivity index (χ3v) is 5.71. The Balaban J connectivity index is 1.30. The van der Waals surface area contributed by atoms with Gasteiger partial charge in [-0.3, -0.25) is 4.79 Å². The molecule has 0 saturated heterocycles. The van der Waals surface area contributed by atoms with Gasteiger partial charge in [-0.15, -0.1) is 11.3 Å². The number of benzene rings is 1. The maximum atomic E-state index is 11.9. The van der Waals surface area contributed by atoms with Gasteiger partial charge in [0.05, 0.1) is 16.8 Å². The number of ether oxygens (including phenoxy) is 2. The molecule has 1 saturated carbocycles. The second kappa shape index (κ2) is 11.7. The van der Waals surface area contributed by atoms with Crippen LogP contribution in [0.5, 0.6) is 5.75 Å². The van der Waals surface area contributed by atoms with Gasteiger partial charge in [-0.25, -0.2) is 4.98 Å². The summed E-state index contributed by atoms with van der Waals surface area (Å²) in [6, 6.07) is 7.67. The van der Waals surface area contributed by atoms with Gasteiger partial charge in [-0.2, -0.15) is 0 Å². The summed E-state index contributed by atoms with van der Waals surface area (Å²) in [4.78, 5) is 16.3. The standard InChI is InChI=1S/C23H30N2O3S/c1-18-25-20(17-29-18)16-28-22-11-8-19(9-12-22)10-13-23(26)24-14-5-15-27-21-6-3-2-4-7-21/h8-13,17,21H,2-7,14-16H2,1H3,(H,24,26). The molecule has 156 valence electrons. The fraction of sp³-hybridized carbons (Fsp3) is 0.478. The minimum atomic E-state index is -0.0816. The zero-order valence-corrected chi connectivity index (χ0v) is 17.9. The average Bonchev–Trinajstić information content (AvgIpc) is 3.17. The summed E-state index contributed by atoms with van der Waals surface area (Å²) in [5.74, 6) is 0.706. The molecule has 3 rings (SSSR count). The van der Waals surface area contributed by atoms with Crippen LogP contribution in [-0.2, 0) is 16.1 Å². The fourth-order valence-corrected chi connectivity index (χ4v) is 3.90. The predicted octanol–water partition coefficient (Wildman–Crippen LogP) is 4.90. The molecule has 5 nitrogen and oxygen atoms in total. The highest BCUT2D eigenvalue weighted by Crippen LogP contribution is 2.20. The van der Waals surface area contributed by atoms with E-state index in [1.165, 1.54) is 32.1 Å². The molecule has 0 atom stereocenters. The van der Waals surface area contributed by atoms with Crippen molar-refractivity contribution in [2.75, 3.05) is 13.2 Å². The highest BCUT2D eigenvalue weighted by molar-refractivity contribution is 7.09. The number of aryl methyl sites for hydroxylation is 1. The van der Waals surface area contributed by atoms with E-state index < -0.39 is 0 Å². The zero-order chi connectivity index (χ0) is 20.3. The molecule has 1 heterocycles. The van der Waals surface area contributed by atoms with Crippen LogP contribution in [0.1, 0.15) is 54.8 Å². The largest absolute Gasteiger partial charge is 0.487 e. The number of rotatable bonds is 10. The molecule has 0 spiro atoms. The summed E-state index contributed by atoms with van der Waals surface area (Å²) < 4.78 is 11.6. The van der Waals surface area contributed by atoms with E-state index in [1.807, 2.05) is 36.6 Å². The first kappa shape index (κ1) is 21.5. The number of carbonyl (C=O) groups excluding carboxylic acids is 1. The first-order valence-electron chi connectivity index (χ1n) is 10.4. The molecule has 1 aromatic carbocycles. The van der Waals surface area contributed by atoms with Crippen molar-refractivity contribution >= 4 is 23.3 Å². The van der Waals surface area contributed by atoms with Crippen LogP contribution in [0.3, 0.4) is 0 Å². The Labute approximate surface area is 177 Å². The van der Waals surface area contributed by atoms with Crippen molar-refractivity contribution in [1.82, 2.24) is 10.3 Å². The van der Waals surface area contributed by atoms with Crippen molar-refractivity contribution in [2.24, 2.45) is 0 Å². The normalized spacial score (nSPS) is 14.9. The third-order valence-electron chi connectivity index (χ3n) is 4.89. The van der Waals surface area contributed by atoms with Gasteiger partial charge in [0.25, 0.3) is 0 Å². The molecular weight excluding hydrogens is 384 g/mol. The molecular formula is C23H30N2O3S. The highest BCUT2D eigenvalue weighted by atomic mass is 32.1. The van der Waals surface area contributed by atoms with E-state index in [4.69, 9.17) is 9.47 Å². The number of hydrogen-bond acceptors (Lipinski definition) is 5. The van der Waals surface area contributed by atoms with E-state index in [1.54, 1.807) is 23.5 Å². The molecule has 1 aromatic heterocycles. The number of aromatic nitrogens is 1. The van der Waals surface area contributed by atoms with Crippen molar-refractivity contribution in [3.8, 4) is 5.75 Å². The van der Waals surface area contributed by atoms with Crippen LogP contribution < -0.4 is 10.1 Å². The van der Waals surface area contributed by atoms with Crippen LogP contribution in [0.15, 0.2) is 35.7 Å². The monoisotopic (exact) mass is 414 g/mol. The van der Waals surface area contributed by atoms with Crippen molar-refractivity contribution in [3.63, 3.8) is 0 Å². The molecule has 29 heavy (non-hydrogen) atoms. The van der Waals surface area contributed by atoms with Gasteiger partial charge in [-0.05, 0) is 50.0 Å². The first-order chi connectivity index (χ1) is 14.2. The van der Waals surface area contributed by atoms with Gasteiger partial charge in [-0.1, -0.05) is 31.4 Å². The minimum absolute atomic E-state index is 0.0816. The number of carbonyl (C=O) groups is 1. The molecule has 1 fully saturated rings. The van der Waals surface area contributed by atoms with Crippen molar-refractivity contribution in [1.29, 1.82) is 0 Å². The van der Waals surface area contributed by atoms with Gasteiger partial charge < -0.3 is 14.8 Å². The fourth-order valence-electron chi connectivity index (χ4n) is 3.30. The molecule has 1 aliphatic rings. The topological polar surface area (TPSA) is 60.5 Å². The van der Waals surface area contributed by atoms with Crippen LogP contribution in [0.4, 0.5) is 0 Å². The molecule has 1 aliphatic carbocycles. The van der Waals surface area contributed by atoms with E-state index in [2.05, 4.69) is 10.3 Å². The summed E-state index contributed by atoms with van der Waals surface area (Å²) in [5, 5.41) is 5.95. The lowest BCUT2D eigenvalue weighted by molar-refractivity contribution is -0.116. The molecule has 2 aromatic rings. The lowest BCUT2D eigenvalue weighted by Gasteiger charge is -2.21. The molecule has 1 N–H and O–H groups in total. The lowest BCUT2D eigenvalue weighted by atomic mass is 9.98. The number of nitrogens with zero attached hydrogens (tertiary/aromatic N) is 1. The minimum Gasteiger partial charge on any atom is -0.487 e. The maximum absolute atomic E-state index is 11.9. The average molecular weight is 415 g/mol. The Bertz CT molecular complexity index is 780. The summed E-state index contributed by atoms with van der Waals surface area (Å²) in [6.07, 6.45) is 10.9. The van der Waals surface area contributed by atoms with E-state index in [-0.39, 0.29) is 5.91 Å². The number of amides is 1. The SMILES string of the molecule is Cc1nc(COc2ccc(C=CC(=O)NCCCOC3CCCCC3)cc2)cs1. The van der Waals surface area contributed by atoms with Crippen LogP contribution in [-0.4, -0.2) is 30.1 Å². The van der Waals surface area contributed by atoms with Gasteiger partial charge in [0, 0.05) is 24.6 Å². The summed E-state index contributed by atoms with van der Waals surface area (Å²) in [6.45, 7) is 3.80. The van der Waals surface area contributed by atoms with Gasteiger partial charge in [0.2, 0.25) is 5.91 Å². The van der Waals surface area contributed by atoms with Crippen molar-refractivity contribution < 1.29 is 14.3 Å². The summed E-state index contributed by atoms with van der Waals surface area (Å²) in [5.41, 5.74) is 1.90. The quantitative estimate of drug-likeness (QED) is 0.444. The van der Waals surface area contributed by atoms with Crippen molar-refractivity contribution in [2.45, 2.75) is 58.2 Å². The Morgan fingerprint density at radius 1 is 1.24 bits per heavy atom. The summed E-state index contributed by atoms with van der Waals surface area (Å²) >= 11 is 1.62. The van der Waals surface area contributed by atoms with E-state index in [0.717, 1.165) is 35.0 Å². The molecule has 1 amide bonds. The van der Waals surface area contributed by atoms with E-state index in [9.17, 15) is 4.79 Å². The second-order valence-corrected chi connectivity index (χ2v) is 8.39. The van der Waals surface area contributed by atoms with Crippen LogP contribution in [0, 0.1) is 6.92 Å². The Hall–Kier alpha value is -2.18. The lowest BCUT2D eigenvalue weighted by Crippen LogP contribution is -2.24. The second-order valence-electron chi connectivity index (χ2n) is 7.32. The predicted molar refractivity (Wildman–Crippen MR) is 117 cm³/mol. The van der Waals surface area contributed by atoms with Gasteiger partial charge in [0.15, 0.2) is 0 Å². The molecule has 0 radical (unpaired) electrons. The van der Waals surface area contributed by atoms with Crippen molar-refractivity contribution in [3.05, 3.63) is 52.0 Å². The van der Waals surface area contributed by atoms with Crippen LogP contribution in [0.2, 0.25) is 0 Å². The molecule has 6 heteroatoms. The van der Waals surface area contributed by atoms with Gasteiger partial charge in [0.1, 0.15) is 12.4 Å². The Morgan fingerprint density at radius 2 is 2.03 bits per heavy atom. The zero-order valence-electron chi connectivity index (χ0n) is 17.1. The molecule has 0 unspecified atom stereocenters. The number of nitrogens with one attached hydrogen (secondary N) is 1. The van der Waals surface area contributed by atoms with Crippen LogP contribution >= 0.6 is 11.3 Å². The number of thiazole rings is 1.